The van der Waals surface area contributed by atoms with E-state index in [1.165, 1.54) is 11.5 Å². The van der Waals surface area contributed by atoms with Crippen molar-refractivity contribution in [3.05, 3.63) is 47.5 Å². The number of hydrogen-bond donors (Lipinski definition) is 1. The number of hydrogen-bond acceptors (Lipinski definition) is 8. The summed E-state index contributed by atoms with van der Waals surface area (Å²) in [6, 6.07) is 10.6. The number of ether oxygens (including phenoxy) is 1. The van der Waals surface area contributed by atoms with Crippen LogP contribution in [-0.2, 0) is 11.3 Å². The van der Waals surface area contributed by atoms with Crippen molar-refractivity contribution in [2.24, 2.45) is 0 Å². The van der Waals surface area contributed by atoms with Crippen LogP contribution in [0, 0.1) is 6.92 Å². The summed E-state index contributed by atoms with van der Waals surface area (Å²) in [4.78, 5) is 11.6. The van der Waals surface area contributed by atoms with Gasteiger partial charge in [-0.2, -0.15) is 9.36 Å². The number of aryl methyl sites for hydroxylation is 1. The van der Waals surface area contributed by atoms with E-state index in [0.29, 0.717) is 18.6 Å². The number of benzene rings is 1. The second-order valence-electron chi connectivity index (χ2n) is 7.21. The van der Waals surface area contributed by atoms with E-state index in [0.717, 1.165) is 54.8 Å². The summed E-state index contributed by atoms with van der Waals surface area (Å²) >= 11 is 1.48. The number of piperidine rings is 1. The molecule has 0 aliphatic carbocycles. The van der Waals surface area contributed by atoms with Crippen LogP contribution >= 0.6 is 11.5 Å². The van der Waals surface area contributed by atoms with Crippen molar-refractivity contribution >= 4 is 22.6 Å². The highest BCUT2D eigenvalue weighted by Gasteiger charge is 2.28. The maximum Gasteiger partial charge on any atom is 0.242 e. The lowest BCUT2D eigenvalue weighted by atomic mass is 10.1. The van der Waals surface area contributed by atoms with Gasteiger partial charge in [-0.3, -0.25) is 0 Å². The highest BCUT2D eigenvalue weighted by Crippen LogP contribution is 2.29. The smallest absolute Gasteiger partial charge is 0.242 e. The first-order valence-corrected chi connectivity index (χ1v) is 10.5. The van der Waals surface area contributed by atoms with Gasteiger partial charge in [-0.1, -0.05) is 30.3 Å². The molecule has 2 aromatic heterocycles. The molecule has 5 rings (SSSR count). The van der Waals surface area contributed by atoms with Crippen molar-refractivity contribution in [3.8, 4) is 0 Å². The van der Waals surface area contributed by atoms with E-state index in [1.54, 1.807) is 0 Å². The van der Waals surface area contributed by atoms with Crippen LogP contribution in [0.3, 0.4) is 0 Å². The van der Waals surface area contributed by atoms with Crippen LogP contribution in [0.15, 0.2) is 30.3 Å². The Labute approximate surface area is 167 Å². The Balaban J connectivity index is 1.26. The number of anilines is 2. The summed E-state index contributed by atoms with van der Waals surface area (Å²) in [5.74, 6) is 2.43. The minimum absolute atomic E-state index is 0.152. The van der Waals surface area contributed by atoms with Crippen LogP contribution in [0.5, 0.6) is 0 Å². The van der Waals surface area contributed by atoms with E-state index in [9.17, 15) is 0 Å². The molecule has 1 unspecified atom stereocenters. The Hall–Kier alpha value is -2.52. The quantitative estimate of drug-likeness (QED) is 0.725. The number of nitrogens with one attached hydrogen (secondary N) is 1. The molecule has 2 aliphatic rings. The lowest BCUT2D eigenvalue weighted by molar-refractivity contribution is 0.0390. The second-order valence-corrected chi connectivity index (χ2v) is 7.94. The van der Waals surface area contributed by atoms with Gasteiger partial charge < -0.3 is 15.0 Å². The molecule has 2 aliphatic heterocycles. The Morgan fingerprint density at radius 3 is 2.68 bits per heavy atom. The van der Waals surface area contributed by atoms with Gasteiger partial charge in [0.05, 0.1) is 13.2 Å². The summed E-state index contributed by atoms with van der Waals surface area (Å²) < 4.78 is 12.3. The first-order valence-electron chi connectivity index (χ1n) is 9.69. The van der Waals surface area contributed by atoms with Gasteiger partial charge in [-0.15, -0.1) is 5.10 Å². The minimum Gasteiger partial charge on any atom is -0.364 e. The van der Waals surface area contributed by atoms with Gasteiger partial charge in [-0.05, 0) is 25.3 Å². The normalized spacial score (nSPS) is 20.2. The van der Waals surface area contributed by atoms with Gasteiger partial charge in [0, 0.05) is 30.7 Å². The Kier molecular flexibility index (Phi) is 4.69. The second kappa shape index (κ2) is 7.48. The number of nitrogens with zero attached hydrogens (tertiary/aromatic N) is 6. The summed E-state index contributed by atoms with van der Waals surface area (Å²) in [7, 11) is 0. The zero-order valence-electron chi connectivity index (χ0n) is 15.8. The number of aromatic nitrogens is 5. The molecule has 146 valence electrons. The molecule has 3 aromatic rings. The lowest BCUT2D eigenvalue weighted by Gasteiger charge is -2.31. The molecule has 1 fully saturated rings. The first-order chi connectivity index (χ1) is 13.8. The van der Waals surface area contributed by atoms with E-state index < -0.39 is 0 Å². The molecule has 4 heterocycles. The topological polar surface area (TPSA) is 81.0 Å². The molecule has 0 amide bonds. The Bertz CT molecular complexity index is 933. The standard InChI is InChI=1S/C19H23N7OS/c1-13-20-19(28-24-13)25-9-7-15(8-10-25)21-18-22-17-16(14-5-3-2-4-6-14)27-12-11-26(17)23-18/h2-6,15-16H,7-12H2,1H3,(H,21,23). The van der Waals surface area contributed by atoms with Gasteiger partial charge in [0.1, 0.15) is 11.9 Å². The van der Waals surface area contributed by atoms with E-state index in [-0.39, 0.29) is 6.10 Å². The number of rotatable bonds is 4. The number of fused-ring (bicyclic) bond motifs is 1. The zero-order chi connectivity index (χ0) is 18.9. The van der Waals surface area contributed by atoms with Crippen molar-refractivity contribution < 1.29 is 4.74 Å². The van der Waals surface area contributed by atoms with Crippen molar-refractivity contribution in [3.63, 3.8) is 0 Å². The molecule has 1 aromatic carbocycles. The molecular formula is C19H23N7OS. The van der Waals surface area contributed by atoms with Gasteiger partial charge in [0.2, 0.25) is 11.1 Å². The van der Waals surface area contributed by atoms with Crippen LogP contribution in [0.2, 0.25) is 0 Å². The molecule has 0 bridgehead atoms. The van der Waals surface area contributed by atoms with Crippen LogP contribution in [0.4, 0.5) is 11.1 Å². The third-order valence-electron chi connectivity index (χ3n) is 5.24. The fourth-order valence-electron chi connectivity index (χ4n) is 3.79. The van der Waals surface area contributed by atoms with Crippen LogP contribution < -0.4 is 10.2 Å². The molecule has 0 radical (unpaired) electrons. The van der Waals surface area contributed by atoms with Crippen LogP contribution in [0.25, 0.3) is 0 Å². The molecule has 0 spiro atoms. The summed E-state index contributed by atoms with van der Waals surface area (Å²) in [6.45, 7) is 5.26. The third-order valence-corrected chi connectivity index (χ3v) is 6.11. The molecule has 1 saturated heterocycles. The van der Waals surface area contributed by atoms with E-state index in [4.69, 9.17) is 9.72 Å². The largest absolute Gasteiger partial charge is 0.364 e. The Morgan fingerprint density at radius 1 is 1.11 bits per heavy atom. The molecule has 1 atom stereocenters. The van der Waals surface area contributed by atoms with Gasteiger partial charge in [0.25, 0.3) is 0 Å². The van der Waals surface area contributed by atoms with Crippen LogP contribution in [-0.4, -0.2) is 49.9 Å². The van der Waals surface area contributed by atoms with Crippen molar-refractivity contribution in [1.82, 2.24) is 24.1 Å². The van der Waals surface area contributed by atoms with Crippen molar-refractivity contribution in [1.29, 1.82) is 0 Å². The molecule has 28 heavy (non-hydrogen) atoms. The summed E-state index contributed by atoms with van der Waals surface area (Å²) in [5, 5.41) is 9.23. The predicted octanol–water partition coefficient (Wildman–Crippen LogP) is 2.64. The van der Waals surface area contributed by atoms with Crippen molar-refractivity contribution in [2.45, 2.75) is 38.5 Å². The van der Waals surface area contributed by atoms with E-state index in [1.807, 2.05) is 29.8 Å². The predicted molar refractivity (Wildman–Crippen MR) is 108 cm³/mol. The zero-order valence-corrected chi connectivity index (χ0v) is 16.6. The summed E-state index contributed by atoms with van der Waals surface area (Å²) in [5.41, 5.74) is 1.11. The van der Waals surface area contributed by atoms with Gasteiger partial charge >= 0.3 is 0 Å². The van der Waals surface area contributed by atoms with E-state index in [2.05, 4.69) is 36.8 Å². The fourth-order valence-corrected chi connectivity index (χ4v) is 4.52. The minimum atomic E-state index is -0.152. The van der Waals surface area contributed by atoms with Crippen LogP contribution in [0.1, 0.15) is 36.2 Å². The molecule has 9 heteroatoms. The van der Waals surface area contributed by atoms with E-state index >= 15 is 0 Å². The Morgan fingerprint density at radius 2 is 1.93 bits per heavy atom. The fraction of sp³-hybridized carbons (Fsp3) is 0.474. The molecular weight excluding hydrogens is 374 g/mol. The van der Waals surface area contributed by atoms with Gasteiger partial charge in [-0.25, -0.2) is 9.67 Å². The molecule has 0 saturated carbocycles. The average Bonchev–Trinajstić information content (AvgIpc) is 3.34. The average molecular weight is 398 g/mol. The maximum atomic E-state index is 5.99. The lowest BCUT2D eigenvalue weighted by Crippen LogP contribution is -2.39. The molecule has 8 nitrogen and oxygen atoms in total. The maximum absolute atomic E-state index is 5.99. The first kappa shape index (κ1) is 17.6. The SMILES string of the molecule is Cc1nsc(N2CCC(Nc3nc4n(n3)CCOC4c3ccccc3)CC2)n1. The van der Waals surface area contributed by atoms with Gasteiger partial charge in [0.15, 0.2) is 5.82 Å². The highest BCUT2D eigenvalue weighted by molar-refractivity contribution is 7.09. The summed E-state index contributed by atoms with van der Waals surface area (Å²) in [6.07, 6.45) is 1.91. The third kappa shape index (κ3) is 3.47. The highest BCUT2D eigenvalue weighted by atomic mass is 32.1. The van der Waals surface area contributed by atoms with Crippen molar-refractivity contribution in [2.75, 3.05) is 29.9 Å². The monoisotopic (exact) mass is 397 g/mol. The molecule has 1 N–H and O–H groups in total.